The summed E-state index contributed by atoms with van der Waals surface area (Å²) in [5, 5.41) is 10.8. The Morgan fingerprint density at radius 2 is 0.745 bits per heavy atom. The number of hydrogen-bond acceptors (Lipinski definition) is 0. The molecule has 0 saturated heterocycles. The van der Waals surface area contributed by atoms with Crippen LogP contribution < -0.4 is 5.62 Å². The van der Waals surface area contributed by atoms with Crippen molar-refractivity contribution in [2.75, 3.05) is 0 Å². The quantitative estimate of drug-likeness (QED) is 0.192. The molecule has 0 spiro atoms. The number of hydrogen-bond donors (Lipinski definition) is 0. The minimum absolute atomic E-state index is 0. The topological polar surface area (TPSA) is 74.5 Å². The summed E-state index contributed by atoms with van der Waals surface area (Å²) in [6, 6.07) is 14.6. The molecule has 0 atom stereocenters. The van der Waals surface area contributed by atoms with Crippen molar-refractivity contribution >= 4 is 60.4 Å². The molecule has 0 aliphatic rings. The average Bonchev–Trinajstić information content (AvgIpc) is 3.07. The molecule has 288 valence electrons. The van der Waals surface area contributed by atoms with Crippen molar-refractivity contribution in [1.82, 2.24) is 9.13 Å². The van der Waals surface area contributed by atoms with Crippen LogP contribution in [0.2, 0.25) is 118 Å². The third-order valence-electron chi connectivity index (χ3n) is 6.56. The average molecular weight is 1020 g/mol. The Morgan fingerprint density at radius 3 is 0.980 bits per heavy atom. The molecular weight excluding hydrogens is 941 g/mol. The van der Waals surface area contributed by atoms with Crippen LogP contribution in [0.4, 0.5) is 0 Å². The van der Waals surface area contributed by atoms with E-state index in [0.29, 0.717) is 11.8 Å². The number of benzene rings is 2. The van der Waals surface area contributed by atoms with E-state index < -0.39 is 49.4 Å². The van der Waals surface area contributed by atoms with Crippen LogP contribution >= 0.6 is 0 Å². The Bertz CT molecular complexity index is 1400. The maximum atomic E-state index is 10.8. The number of nitrogens with zero attached hydrogens (tertiary/aromatic N) is 6. The van der Waals surface area contributed by atoms with E-state index in [1.54, 1.807) is 0 Å². The molecule has 0 aliphatic heterocycles. The van der Waals surface area contributed by atoms with Gasteiger partial charge in [-0.1, -0.05) is 237 Å². The van der Waals surface area contributed by atoms with Crippen molar-refractivity contribution < 1.29 is 39.9 Å². The molecule has 2 aromatic carbocycles. The van der Waals surface area contributed by atoms with Crippen molar-refractivity contribution in [2.45, 2.75) is 157 Å². The van der Waals surface area contributed by atoms with E-state index in [1.165, 1.54) is 11.1 Å². The van der Waals surface area contributed by atoms with E-state index in [1.807, 2.05) is 34.4 Å². The molecule has 0 radical (unpaired) electrons. The van der Waals surface area contributed by atoms with Crippen LogP contribution in [0.15, 0.2) is 42.5 Å². The van der Waals surface area contributed by atoms with Gasteiger partial charge in [0.05, 0.1) is 0 Å². The second-order valence-electron chi connectivity index (χ2n) is 20.1. The third kappa shape index (κ3) is 23.0. The van der Waals surface area contributed by atoms with Gasteiger partial charge in [0, 0.05) is 5.62 Å². The zero-order valence-electron chi connectivity index (χ0n) is 37.4. The normalized spacial score (nSPS) is 12.7. The number of aryl methyl sites for hydroxylation is 1. The first-order valence-corrected chi connectivity index (χ1v) is 39.3. The van der Waals surface area contributed by atoms with Crippen LogP contribution in [-0.4, -0.2) is 58.5 Å². The van der Waals surface area contributed by atoms with Gasteiger partial charge < -0.3 is 28.5 Å². The fourth-order valence-corrected chi connectivity index (χ4v) is 30.5. The summed E-state index contributed by atoms with van der Waals surface area (Å²) < 4.78 is 18.3. The third-order valence-corrected chi connectivity index (χ3v) is 22.7. The predicted molar refractivity (Wildman–Crippen MR) is 247 cm³/mol. The van der Waals surface area contributed by atoms with Crippen LogP contribution in [0.25, 0.3) is 36.1 Å². The monoisotopic (exact) mass is 1020 g/mol. The van der Waals surface area contributed by atoms with Gasteiger partial charge in [-0.15, -0.1) is 0 Å². The van der Waals surface area contributed by atoms with Crippen LogP contribution in [0.5, 0.6) is 0 Å². The SMILES string of the molecule is CC(C)c1cccc(C(C)C)c1-n1c(=[N-])n(C)c2ccccc21.C[Si](C)(C)[N-][Si](C)(C)C.C[Si](C)(C)[N-][Si](C)(C)C.C[Si](C)(C)[N-][Si](C)(C)C.[Th+4]. The van der Waals surface area contributed by atoms with Gasteiger partial charge in [-0.2, -0.15) is 0 Å². The van der Waals surface area contributed by atoms with Crippen LogP contribution in [-0.2, 0) is 7.05 Å². The molecule has 0 N–H and O–H groups in total. The van der Waals surface area contributed by atoms with Crippen LogP contribution in [0, 0.1) is 39.9 Å². The summed E-state index contributed by atoms with van der Waals surface area (Å²) in [7, 11) is -4.73. The predicted octanol–water partition coefficient (Wildman–Crippen LogP) is 13.8. The summed E-state index contributed by atoms with van der Waals surface area (Å²) in [4.78, 5) is 0. The molecule has 0 bridgehead atoms. The largest absolute Gasteiger partial charge is 4.00 e. The molecule has 1 aromatic heterocycles. The first-order chi connectivity index (χ1) is 22.1. The molecule has 3 rings (SSSR count). The molecule has 51 heavy (non-hydrogen) atoms. The van der Waals surface area contributed by atoms with Gasteiger partial charge >= 0.3 is 39.9 Å². The van der Waals surface area contributed by atoms with Crippen LogP contribution in [0.3, 0.4) is 0 Å². The summed E-state index contributed by atoms with van der Waals surface area (Å²) in [5.74, 6) is 0.768. The number of fused-ring (bicyclic) bond motifs is 1. The first-order valence-electron chi connectivity index (χ1n) is 18.6. The molecule has 1 heterocycles. The van der Waals surface area contributed by atoms with Gasteiger partial charge in [0.25, 0.3) is 0 Å². The Balaban J connectivity index is 0. The number of imidazole rings is 1. The fraction of sp³-hybridized carbons (Fsp3) is 0.658. The first kappa shape index (κ1) is 53.3. The standard InChI is InChI=1S/C20H24N3.3C6H18NSi2.Th/c1-13(2)15-9-8-10-16(14(3)4)19(15)23-18-12-7-6-11-17(18)22(5)20(23)21;3*1-8(2,3)7-9(4,5)6;/h6-14H,1-5H3;3*1-6H3;/q4*-1;+4. The fourth-order valence-electron chi connectivity index (χ4n) is 6.31. The van der Waals surface area contributed by atoms with E-state index >= 15 is 0 Å². The van der Waals surface area contributed by atoms with E-state index in [0.717, 1.165) is 16.7 Å². The van der Waals surface area contributed by atoms with E-state index in [-0.39, 0.29) is 45.6 Å². The smallest absolute Gasteiger partial charge is 0.668 e. The molecule has 0 fully saturated rings. The van der Waals surface area contributed by atoms with Crippen molar-refractivity contribution in [2.24, 2.45) is 7.05 Å². The summed E-state index contributed by atoms with van der Waals surface area (Å²) in [5.41, 5.74) is 5.95. The van der Waals surface area contributed by atoms with Crippen molar-refractivity contribution in [1.29, 1.82) is 0 Å². The molecule has 0 unspecified atom stereocenters. The Kier molecular flexibility index (Phi) is 21.9. The van der Waals surface area contributed by atoms with E-state index in [9.17, 15) is 5.41 Å². The molecule has 3 aromatic rings. The van der Waals surface area contributed by atoms with Gasteiger partial charge in [0.1, 0.15) is 0 Å². The minimum Gasteiger partial charge on any atom is -0.668 e. The Morgan fingerprint density at radius 1 is 0.471 bits per heavy atom. The number of rotatable bonds is 9. The summed E-state index contributed by atoms with van der Waals surface area (Å²) in [6.07, 6.45) is 0. The zero-order chi connectivity index (χ0) is 39.8. The second kappa shape index (κ2) is 20.9. The Labute approximate surface area is 354 Å². The maximum absolute atomic E-state index is 10.8. The van der Waals surface area contributed by atoms with Gasteiger partial charge in [0.15, 0.2) is 0 Å². The molecular formula is C38H78N6Si6Th. The van der Waals surface area contributed by atoms with Crippen LogP contribution in [0.1, 0.15) is 50.7 Å². The van der Waals surface area contributed by atoms with Gasteiger partial charge in [-0.3, -0.25) is 0 Å². The number of para-hydroxylation sites is 3. The van der Waals surface area contributed by atoms with E-state index in [2.05, 4.69) is 170 Å². The maximum Gasteiger partial charge on any atom is 4.00 e. The van der Waals surface area contributed by atoms with Gasteiger partial charge in [-0.05, 0) is 46.7 Å². The van der Waals surface area contributed by atoms with Gasteiger partial charge in [-0.25, -0.2) is 0 Å². The molecule has 0 aliphatic carbocycles. The van der Waals surface area contributed by atoms with Crippen molar-refractivity contribution in [3.63, 3.8) is 0 Å². The zero-order valence-corrected chi connectivity index (χ0v) is 47.5. The van der Waals surface area contributed by atoms with Crippen molar-refractivity contribution in [3.8, 4) is 5.69 Å². The molecule has 13 heteroatoms. The summed E-state index contributed by atoms with van der Waals surface area (Å²) >= 11 is 0. The molecule has 0 saturated carbocycles. The number of aromatic nitrogens is 2. The minimum atomic E-state index is -1.11. The van der Waals surface area contributed by atoms with E-state index in [4.69, 9.17) is 13.9 Å². The summed E-state index contributed by atoms with van der Waals surface area (Å²) in [6.45, 7) is 50.1. The molecule has 6 nitrogen and oxygen atoms in total. The Hall–Kier alpha value is 0.216. The van der Waals surface area contributed by atoms with Crippen molar-refractivity contribution in [3.05, 3.63) is 78.6 Å². The second-order valence-corrected chi connectivity index (χ2v) is 48.9. The van der Waals surface area contributed by atoms with Gasteiger partial charge in [0.2, 0.25) is 0 Å². The molecule has 0 amide bonds.